The average Bonchev–Trinajstić information content (AvgIpc) is 2.73. The van der Waals surface area contributed by atoms with Crippen LogP contribution in [0.2, 0.25) is 0 Å². The number of β-lactam (4-membered cyclic amide) rings is 1. The number of anilines is 1. The number of amides is 1. The lowest BCUT2D eigenvalue weighted by molar-refractivity contribution is -0.131. The summed E-state index contributed by atoms with van der Waals surface area (Å²) < 4.78 is 27.4. The minimum absolute atomic E-state index is 0.0575. The predicted molar refractivity (Wildman–Crippen MR) is 115 cm³/mol. The van der Waals surface area contributed by atoms with Gasteiger partial charge in [0.2, 0.25) is 5.91 Å². The first-order valence-corrected chi connectivity index (χ1v) is 10.5. The van der Waals surface area contributed by atoms with Crippen LogP contribution in [-0.4, -0.2) is 11.0 Å². The van der Waals surface area contributed by atoms with E-state index < -0.39 is 6.10 Å². The van der Waals surface area contributed by atoms with Crippen molar-refractivity contribution in [3.63, 3.8) is 0 Å². The van der Waals surface area contributed by atoms with E-state index in [1.54, 1.807) is 29.2 Å². The Morgan fingerprint density at radius 2 is 1.60 bits per heavy atom. The summed E-state index contributed by atoms with van der Waals surface area (Å²) >= 11 is 3.48. The van der Waals surface area contributed by atoms with Gasteiger partial charge in [-0.25, -0.2) is 8.78 Å². The van der Waals surface area contributed by atoms with Gasteiger partial charge in [-0.3, -0.25) is 4.79 Å². The number of rotatable bonds is 6. The standard InChI is InChI=1S/C24H20BrF2NO2/c25-17-3-1-2-16(14-17)23-21(12-13-22(29)15-4-6-18(26)7-5-15)24(30)28(23)20-10-8-19(27)9-11-20/h1-11,14,21-23,29H,12-13H2/t21-,22+,23-/m1/s1. The molecule has 1 N–H and O–H groups in total. The molecule has 1 aliphatic heterocycles. The second kappa shape index (κ2) is 8.66. The van der Waals surface area contributed by atoms with E-state index in [0.717, 1.165) is 10.0 Å². The molecule has 3 aromatic carbocycles. The number of aliphatic hydroxyl groups excluding tert-OH is 1. The molecule has 4 rings (SSSR count). The van der Waals surface area contributed by atoms with Crippen molar-refractivity contribution in [2.75, 3.05) is 4.90 Å². The van der Waals surface area contributed by atoms with Gasteiger partial charge >= 0.3 is 0 Å². The third-order valence-corrected chi connectivity index (χ3v) is 6.01. The first kappa shape index (κ1) is 20.7. The highest BCUT2D eigenvalue weighted by Gasteiger charge is 2.48. The second-order valence-electron chi connectivity index (χ2n) is 7.44. The molecule has 3 aromatic rings. The number of hydrogen-bond acceptors (Lipinski definition) is 2. The Bertz CT molecular complexity index is 1040. The number of benzene rings is 3. The van der Waals surface area contributed by atoms with Crippen molar-refractivity contribution in [1.82, 2.24) is 0 Å². The van der Waals surface area contributed by atoms with E-state index in [1.165, 1.54) is 24.3 Å². The highest BCUT2D eigenvalue weighted by molar-refractivity contribution is 9.10. The third-order valence-electron chi connectivity index (χ3n) is 5.51. The van der Waals surface area contributed by atoms with Crippen LogP contribution < -0.4 is 4.90 Å². The molecule has 0 radical (unpaired) electrons. The van der Waals surface area contributed by atoms with Crippen molar-refractivity contribution in [3.8, 4) is 0 Å². The van der Waals surface area contributed by atoms with Crippen LogP contribution in [0.1, 0.15) is 36.1 Å². The molecule has 30 heavy (non-hydrogen) atoms. The quantitative estimate of drug-likeness (QED) is 0.451. The number of nitrogens with zero attached hydrogens (tertiary/aromatic N) is 1. The van der Waals surface area contributed by atoms with Crippen LogP contribution >= 0.6 is 15.9 Å². The van der Waals surface area contributed by atoms with E-state index in [9.17, 15) is 18.7 Å². The maximum atomic E-state index is 13.4. The van der Waals surface area contributed by atoms with Crippen molar-refractivity contribution in [2.45, 2.75) is 25.0 Å². The van der Waals surface area contributed by atoms with Gasteiger partial charge in [0.05, 0.1) is 18.1 Å². The minimum Gasteiger partial charge on any atom is -0.388 e. The summed E-state index contributed by atoms with van der Waals surface area (Å²) in [6.07, 6.45) is 0.0807. The summed E-state index contributed by atoms with van der Waals surface area (Å²) in [7, 11) is 0. The maximum absolute atomic E-state index is 13.4. The number of halogens is 3. The van der Waals surface area contributed by atoms with Gasteiger partial charge in [-0.2, -0.15) is 0 Å². The van der Waals surface area contributed by atoms with E-state index in [4.69, 9.17) is 0 Å². The molecule has 3 atom stereocenters. The highest BCUT2D eigenvalue weighted by Crippen LogP contribution is 2.46. The van der Waals surface area contributed by atoms with E-state index >= 15 is 0 Å². The summed E-state index contributed by atoms with van der Waals surface area (Å²) in [4.78, 5) is 14.7. The molecule has 1 fully saturated rings. The lowest BCUT2D eigenvalue weighted by Gasteiger charge is -2.48. The number of hydrogen-bond donors (Lipinski definition) is 1. The van der Waals surface area contributed by atoms with Gasteiger partial charge in [-0.15, -0.1) is 0 Å². The van der Waals surface area contributed by atoms with Crippen LogP contribution in [0.4, 0.5) is 14.5 Å². The Morgan fingerprint density at radius 1 is 0.967 bits per heavy atom. The summed E-state index contributed by atoms with van der Waals surface area (Å²) in [5.74, 6) is -1.08. The molecule has 0 unspecified atom stereocenters. The fourth-order valence-corrected chi connectivity index (χ4v) is 4.40. The largest absolute Gasteiger partial charge is 0.388 e. The molecule has 0 aliphatic carbocycles. The van der Waals surface area contributed by atoms with Crippen LogP contribution in [0.3, 0.4) is 0 Å². The molecule has 1 amide bonds. The molecule has 1 aliphatic rings. The van der Waals surface area contributed by atoms with Gasteiger partial charge in [0.15, 0.2) is 0 Å². The molecule has 154 valence electrons. The number of aliphatic hydroxyl groups is 1. The molecule has 0 bridgehead atoms. The van der Waals surface area contributed by atoms with Crippen LogP contribution in [0.25, 0.3) is 0 Å². The average molecular weight is 472 g/mol. The van der Waals surface area contributed by atoms with E-state index in [-0.39, 0.29) is 29.5 Å². The van der Waals surface area contributed by atoms with Crippen LogP contribution in [0.15, 0.2) is 77.3 Å². The number of carbonyl (C=O) groups is 1. The minimum atomic E-state index is -0.776. The molecular formula is C24H20BrF2NO2. The molecule has 1 saturated heterocycles. The Labute approximate surface area is 182 Å². The molecule has 1 heterocycles. The van der Waals surface area contributed by atoms with Gasteiger partial charge < -0.3 is 10.0 Å². The van der Waals surface area contributed by atoms with Crippen LogP contribution in [-0.2, 0) is 4.79 Å². The first-order chi connectivity index (χ1) is 14.4. The van der Waals surface area contributed by atoms with Crippen molar-refractivity contribution < 1.29 is 18.7 Å². The van der Waals surface area contributed by atoms with E-state index in [2.05, 4.69) is 15.9 Å². The summed E-state index contributed by atoms with van der Waals surface area (Å²) in [5.41, 5.74) is 2.23. The molecule has 0 saturated carbocycles. The molecule has 3 nitrogen and oxygen atoms in total. The van der Waals surface area contributed by atoms with Gasteiger partial charge in [0, 0.05) is 10.2 Å². The van der Waals surface area contributed by atoms with Gasteiger partial charge in [0.1, 0.15) is 11.6 Å². The van der Waals surface area contributed by atoms with Crippen molar-refractivity contribution in [1.29, 1.82) is 0 Å². The Balaban J connectivity index is 1.56. The summed E-state index contributed by atoms with van der Waals surface area (Å²) in [6, 6.07) is 19.2. The Morgan fingerprint density at radius 3 is 2.23 bits per heavy atom. The molecule has 6 heteroatoms. The highest BCUT2D eigenvalue weighted by atomic mass is 79.9. The van der Waals surface area contributed by atoms with Crippen molar-refractivity contribution in [3.05, 3.63) is 100 Å². The third kappa shape index (κ3) is 4.16. The topological polar surface area (TPSA) is 40.5 Å². The molecule has 0 aromatic heterocycles. The SMILES string of the molecule is O=C1[C@H](CC[C@H](O)c2ccc(F)cc2)[C@@H](c2cccc(Br)c2)N1c1ccc(F)cc1. The first-order valence-electron chi connectivity index (χ1n) is 9.71. The van der Waals surface area contributed by atoms with Crippen LogP contribution in [0.5, 0.6) is 0 Å². The summed E-state index contributed by atoms with van der Waals surface area (Å²) in [6.45, 7) is 0. The second-order valence-corrected chi connectivity index (χ2v) is 8.35. The molecular weight excluding hydrogens is 452 g/mol. The van der Waals surface area contributed by atoms with Gasteiger partial charge in [-0.05, 0) is 72.5 Å². The normalized spacial score (nSPS) is 19.5. The fourth-order valence-electron chi connectivity index (χ4n) is 3.98. The van der Waals surface area contributed by atoms with Gasteiger partial charge in [0.25, 0.3) is 0 Å². The zero-order chi connectivity index (χ0) is 21.3. The lowest BCUT2D eigenvalue weighted by Crippen LogP contribution is -2.55. The van der Waals surface area contributed by atoms with Crippen molar-refractivity contribution in [2.24, 2.45) is 5.92 Å². The Hall–Kier alpha value is -2.57. The zero-order valence-corrected chi connectivity index (χ0v) is 17.6. The summed E-state index contributed by atoms with van der Waals surface area (Å²) in [5, 5.41) is 10.5. The monoisotopic (exact) mass is 471 g/mol. The smallest absolute Gasteiger partial charge is 0.233 e. The molecule has 0 spiro atoms. The van der Waals surface area contributed by atoms with Crippen LogP contribution in [0, 0.1) is 17.6 Å². The Kier molecular flexibility index (Phi) is 5.97. The van der Waals surface area contributed by atoms with Crippen molar-refractivity contribution >= 4 is 27.5 Å². The zero-order valence-electron chi connectivity index (χ0n) is 16.0. The van der Waals surface area contributed by atoms with E-state index in [0.29, 0.717) is 24.1 Å². The lowest BCUT2D eigenvalue weighted by atomic mass is 9.78. The maximum Gasteiger partial charge on any atom is 0.233 e. The van der Waals surface area contributed by atoms with Gasteiger partial charge in [-0.1, -0.05) is 40.2 Å². The van der Waals surface area contributed by atoms with E-state index in [1.807, 2.05) is 24.3 Å². The predicted octanol–water partition coefficient (Wildman–Crippen LogP) is 5.95. The fraction of sp³-hybridized carbons (Fsp3) is 0.208. The number of carbonyl (C=O) groups excluding carboxylic acids is 1.